The van der Waals surface area contributed by atoms with Crippen LogP contribution < -0.4 is 0 Å². The van der Waals surface area contributed by atoms with Gasteiger partial charge in [0.05, 0.1) is 13.1 Å². The Kier molecular flexibility index (Phi) is 4.89. The van der Waals surface area contributed by atoms with E-state index in [2.05, 4.69) is 18.7 Å². The molecule has 0 amide bonds. The molecule has 17 heavy (non-hydrogen) atoms. The van der Waals surface area contributed by atoms with E-state index in [1.54, 1.807) is 0 Å². The number of rotatable bonds is 6. The van der Waals surface area contributed by atoms with Crippen molar-refractivity contribution in [3.05, 3.63) is 0 Å². The summed E-state index contributed by atoms with van der Waals surface area (Å²) in [4.78, 5) is 25.2. The average Bonchev–Trinajstić information content (AvgIpc) is 2.63. The van der Waals surface area contributed by atoms with Gasteiger partial charge in [0.25, 0.3) is 0 Å². The van der Waals surface area contributed by atoms with Gasteiger partial charge >= 0.3 is 11.9 Å². The Morgan fingerprint density at radius 1 is 1.29 bits per heavy atom. The maximum atomic E-state index is 10.7. The number of carbonyl (C=O) groups is 2. The molecule has 1 heterocycles. The first-order valence-corrected chi connectivity index (χ1v) is 5.82. The van der Waals surface area contributed by atoms with Gasteiger partial charge in [-0.05, 0) is 20.3 Å². The zero-order valence-corrected chi connectivity index (χ0v) is 10.3. The van der Waals surface area contributed by atoms with Crippen LogP contribution in [0.2, 0.25) is 0 Å². The molecule has 0 aromatic carbocycles. The lowest BCUT2D eigenvalue weighted by atomic mass is 10.2. The number of nitrogens with zero attached hydrogens (tertiary/aromatic N) is 2. The molecular weight excluding hydrogens is 224 g/mol. The molecule has 0 bridgehead atoms. The molecule has 0 radical (unpaired) electrons. The van der Waals surface area contributed by atoms with Gasteiger partial charge in [-0.25, -0.2) is 0 Å². The van der Waals surface area contributed by atoms with Crippen molar-refractivity contribution in [1.82, 2.24) is 9.80 Å². The van der Waals surface area contributed by atoms with Crippen molar-refractivity contribution in [3.63, 3.8) is 0 Å². The summed E-state index contributed by atoms with van der Waals surface area (Å²) >= 11 is 0. The van der Waals surface area contributed by atoms with Crippen LogP contribution in [0.4, 0.5) is 0 Å². The molecular formula is C11H20N2O4. The second kappa shape index (κ2) is 5.97. The molecule has 1 aliphatic heterocycles. The Labute approximate surface area is 101 Å². The highest BCUT2D eigenvalue weighted by Gasteiger charge is 2.30. The van der Waals surface area contributed by atoms with Gasteiger partial charge in [-0.1, -0.05) is 0 Å². The molecule has 0 aliphatic carbocycles. The van der Waals surface area contributed by atoms with Crippen molar-refractivity contribution in [3.8, 4) is 0 Å². The van der Waals surface area contributed by atoms with E-state index < -0.39 is 11.9 Å². The minimum absolute atomic E-state index is 0.0320. The van der Waals surface area contributed by atoms with Crippen LogP contribution in [0.3, 0.4) is 0 Å². The predicted molar refractivity (Wildman–Crippen MR) is 62.0 cm³/mol. The second-order valence-electron chi connectivity index (χ2n) is 4.72. The molecule has 6 heteroatoms. The molecule has 1 aliphatic rings. The molecule has 1 unspecified atom stereocenters. The van der Waals surface area contributed by atoms with E-state index in [4.69, 9.17) is 10.2 Å². The van der Waals surface area contributed by atoms with Crippen molar-refractivity contribution in [2.24, 2.45) is 0 Å². The van der Waals surface area contributed by atoms with Gasteiger partial charge in [-0.15, -0.1) is 0 Å². The number of hydrogen-bond donors (Lipinski definition) is 2. The van der Waals surface area contributed by atoms with E-state index in [-0.39, 0.29) is 19.1 Å². The Balaban J connectivity index is 2.58. The first-order valence-electron chi connectivity index (χ1n) is 5.82. The van der Waals surface area contributed by atoms with Crippen molar-refractivity contribution in [2.45, 2.75) is 32.4 Å². The van der Waals surface area contributed by atoms with Crippen LogP contribution in [0.25, 0.3) is 0 Å². The molecule has 0 saturated carbocycles. The molecule has 6 nitrogen and oxygen atoms in total. The van der Waals surface area contributed by atoms with Gasteiger partial charge in [0, 0.05) is 25.2 Å². The van der Waals surface area contributed by atoms with Crippen LogP contribution >= 0.6 is 0 Å². The molecule has 0 aromatic heterocycles. The van der Waals surface area contributed by atoms with Crippen LogP contribution in [0, 0.1) is 0 Å². The third-order valence-electron chi connectivity index (χ3n) is 3.12. The van der Waals surface area contributed by atoms with E-state index >= 15 is 0 Å². The molecule has 1 saturated heterocycles. The maximum Gasteiger partial charge on any atom is 0.317 e. The summed E-state index contributed by atoms with van der Waals surface area (Å²) in [6, 6.07) is 0.445. The number of hydrogen-bond acceptors (Lipinski definition) is 4. The minimum Gasteiger partial charge on any atom is -0.480 e. The maximum absolute atomic E-state index is 10.7. The van der Waals surface area contributed by atoms with Crippen LogP contribution in [0.1, 0.15) is 20.3 Å². The second-order valence-corrected chi connectivity index (χ2v) is 4.72. The van der Waals surface area contributed by atoms with Crippen LogP contribution in [0.15, 0.2) is 0 Å². The van der Waals surface area contributed by atoms with Crippen molar-refractivity contribution in [1.29, 1.82) is 0 Å². The predicted octanol–water partition coefficient (Wildman–Crippen LogP) is -0.0597. The van der Waals surface area contributed by atoms with Gasteiger partial charge in [0.15, 0.2) is 0 Å². The number of aliphatic carboxylic acids is 2. The average molecular weight is 244 g/mol. The molecule has 0 spiro atoms. The first kappa shape index (κ1) is 13.9. The van der Waals surface area contributed by atoms with E-state index in [9.17, 15) is 9.59 Å². The Hall–Kier alpha value is -1.14. The minimum atomic E-state index is -0.978. The topological polar surface area (TPSA) is 81.1 Å². The third-order valence-corrected chi connectivity index (χ3v) is 3.12. The lowest BCUT2D eigenvalue weighted by Crippen LogP contribution is -2.44. The van der Waals surface area contributed by atoms with E-state index in [1.807, 2.05) is 0 Å². The van der Waals surface area contributed by atoms with Gasteiger partial charge in [-0.2, -0.15) is 0 Å². The molecule has 98 valence electrons. The molecule has 1 fully saturated rings. The zero-order valence-electron chi connectivity index (χ0n) is 10.3. The lowest BCUT2D eigenvalue weighted by Gasteiger charge is -2.26. The standard InChI is InChI=1S/C11H20N2O4/c1-8(2)12-4-3-9(5-12)13(6-10(14)15)7-11(16)17/h8-9H,3-7H2,1-2H3,(H,14,15)(H,16,17). The zero-order chi connectivity index (χ0) is 13.0. The van der Waals surface area contributed by atoms with Gasteiger partial charge in [0.1, 0.15) is 0 Å². The van der Waals surface area contributed by atoms with E-state index in [1.165, 1.54) is 4.90 Å². The number of carboxylic acid groups (broad SMARTS) is 2. The SMILES string of the molecule is CC(C)N1CCC(N(CC(=O)O)CC(=O)O)C1. The third kappa shape index (κ3) is 4.32. The van der Waals surface area contributed by atoms with E-state index in [0.717, 1.165) is 19.5 Å². The van der Waals surface area contributed by atoms with E-state index in [0.29, 0.717) is 6.04 Å². The smallest absolute Gasteiger partial charge is 0.317 e. The fourth-order valence-electron chi connectivity index (χ4n) is 2.20. The Morgan fingerprint density at radius 3 is 2.18 bits per heavy atom. The van der Waals surface area contributed by atoms with Crippen LogP contribution in [0.5, 0.6) is 0 Å². The van der Waals surface area contributed by atoms with Crippen molar-refractivity contribution in [2.75, 3.05) is 26.2 Å². The number of likely N-dealkylation sites (tertiary alicyclic amines) is 1. The van der Waals surface area contributed by atoms with Crippen molar-refractivity contribution >= 4 is 11.9 Å². The largest absolute Gasteiger partial charge is 0.480 e. The Bertz CT molecular complexity index is 277. The highest BCUT2D eigenvalue weighted by atomic mass is 16.4. The molecule has 1 atom stereocenters. The summed E-state index contributed by atoms with van der Waals surface area (Å²) < 4.78 is 0. The normalized spacial score (nSPS) is 21.3. The molecule has 2 N–H and O–H groups in total. The molecule has 1 rings (SSSR count). The highest BCUT2D eigenvalue weighted by molar-refractivity contribution is 5.72. The van der Waals surface area contributed by atoms with Crippen LogP contribution in [-0.2, 0) is 9.59 Å². The van der Waals surface area contributed by atoms with Crippen LogP contribution in [-0.4, -0.2) is 70.2 Å². The quantitative estimate of drug-likeness (QED) is 0.681. The summed E-state index contributed by atoms with van der Waals surface area (Å²) in [7, 11) is 0. The summed E-state index contributed by atoms with van der Waals surface area (Å²) in [5.74, 6) is -1.96. The fraction of sp³-hybridized carbons (Fsp3) is 0.818. The number of carboxylic acids is 2. The summed E-state index contributed by atoms with van der Waals surface area (Å²) in [6.45, 7) is 5.41. The van der Waals surface area contributed by atoms with Gasteiger partial charge in [0.2, 0.25) is 0 Å². The monoisotopic (exact) mass is 244 g/mol. The Morgan fingerprint density at radius 2 is 1.82 bits per heavy atom. The van der Waals surface area contributed by atoms with Gasteiger partial charge < -0.3 is 10.2 Å². The molecule has 0 aromatic rings. The van der Waals surface area contributed by atoms with Crippen molar-refractivity contribution < 1.29 is 19.8 Å². The summed E-state index contributed by atoms with van der Waals surface area (Å²) in [5.41, 5.74) is 0. The summed E-state index contributed by atoms with van der Waals surface area (Å²) in [6.07, 6.45) is 0.832. The van der Waals surface area contributed by atoms with Gasteiger partial charge in [-0.3, -0.25) is 19.4 Å². The fourth-order valence-corrected chi connectivity index (χ4v) is 2.20. The lowest BCUT2D eigenvalue weighted by molar-refractivity contribution is -0.142. The first-order chi connectivity index (χ1) is 7.90. The summed E-state index contributed by atoms with van der Waals surface area (Å²) in [5, 5.41) is 17.6. The highest BCUT2D eigenvalue weighted by Crippen LogP contribution is 2.17.